The van der Waals surface area contributed by atoms with Gasteiger partial charge in [0, 0.05) is 17.9 Å². The van der Waals surface area contributed by atoms with E-state index in [2.05, 4.69) is 57.0 Å². The SMILES string of the molecule is C=C(CC)N(CCCCS)/C(C)=C\C(C)=C(\C)CC#N. The molecule has 0 aromatic rings. The molecule has 0 rings (SSSR count). The van der Waals surface area contributed by atoms with E-state index in [-0.39, 0.29) is 0 Å². The highest BCUT2D eigenvalue weighted by Gasteiger charge is 2.08. The van der Waals surface area contributed by atoms with Crippen LogP contribution in [0.2, 0.25) is 0 Å². The van der Waals surface area contributed by atoms with E-state index in [1.807, 2.05) is 6.92 Å². The lowest BCUT2D eigenvalue weighted by Gasteiger charge is -2.27. The molecule has 20 heavy (non-hydrogen) atoms. The Morgan fingerprint density at radius 2 is 1.95 bits per heavy atom. The van der Waals surface area contributed by atoms with E-state index in [4.69, 9.17) is 5.26 Å². The third kappa shape index (κ3) is 6.86. The fourth-order valence-electron chi connectivity index (χ4n) is 1.93. The van der Waals surface area contributed by atoms with Crippen LogP contribution in [0.25, 0.3) is 0 Å². The normalized spacial score (nSPS) is 12.7. The quantitative estimate of drug-likeness (QED) is 0.364. The van der Waals surface area contributed by atoms with Crippen molar-refractivity contribution in [2.45, 2.75) is 53.4 Å². The van der Waals surface area contributed by atoms with Crippen LogP contribution in [0.15, 0.2) is 35.2 Å². The minimum Gasteiger partial charge on any atom is -0.349 e. The van der Waals surface area contributed by atoms with E-state index in [0.717, 1.165) is 42.8 Å². The Balaban J connectivity index is 5.02. The summed E-state index contributed by atoms with van der Waals surface area (Å²) in [4.78, 5) is 2.28. The molecule has 0 aliphatic carbocycles. The highest BCUT2D eigenvalue weighted by molar-refractivity contribution is 7.80. The van der Waals surface area contributed by atoms with E-state index in [1.54, 1.807) is 0 Å². The molecule has 0 bridgehead atoms. The molecule has 0 saturated carbocycles. The lowest BCUT2D eigenvalue weighted by atomic mass is 10.1. The summed E-state index contributed by atoms with van der Waals surface area (Å²) in [5.74, 6) is 0.926. The van der Waals surface area contributed by atoms with E-state index in [0.29, 0.717) is 6.42 Å². The van der Waals surface area contributed by atoms with Gasteiger partial charge in [0.2, 0.25) is 0 Å². The molecule has 0 fully saturated rings. The summed E-state index contributed by atoms with van der Waals surface area (Å²) in [6.45, 7) is 13.5. The zero-order valence-corrected chi connectivity index (χ0v) is 14.3. The molecule has 112 valence electrons. The van der Waals surface area contributed by atoms with Crippen molar-refractivity contribution in [3.8, 4) is 6.07 Å². The first-order chi connectivity index (χ1) is 9.47. The van der Waals surface area contributed by atoms with Crippen molar-refractivity contribution in [1.29, 1.82) is 5.26 Å². The van der Waals surface area contributed by atoms with Gasteiger partial charge in [0.1, 0.15) is 0 Å². The first-order valence-corrected chi connectivity index (χ1v) is 7.88. The van der Waals surface area contributed by atoms with Gasteiger partial charge in [-0.05, 0) is 57.4 Å². The summed E-state index contributed by atoms with van der Waals surface area (Å²) in [6.07, 6.45) is 5.84. The van der Waals surface area contributed by atoms with Crippen LogP contribution in [0.1, 0.15) is 53.4 Å². The minimum absolute atomic E-state index is 0.490. The largest absolute Gasteiger partial charge is 0.349 e. The summed E-state index contributed by atoms with van der Waals surface area (Å²) in [6, 6.07) is 2.20. The van der Waals surface area contributed by atoms with Gasteiger partial charge in [-0.25, -0.2) is 0 Å². The lowest BCUT2D eigenvalue weighted by molar-refractivity contribution is 0.406. The third-order valence-corrected chi connectivity index (χ3v) is 3.76. The number of thiol groups is 1. The molecule has 0 aliphatic heterocycles. The minimum atomic E-state index is 0.490. The van der Waals surface area contributed by atoms with Crippen molar-refractivity contribution < 1.29 is 0 Å². The van der Waals surface area contributed by atoms with Gasteiger partial charge in [-0.1, -0.05) is 19.1 Å². The van der Waals surface area contributed by atoms with E-state index in [9.17, 15) is 0 Å². The Bertz CT molecular complexity index is 413. The molecule has 2 nitrogen and oxygen atoms in total. The van der Waals surface area contributed by atoms with Crippen LogP contribution in [0.3, 0.4) is 0 Å². The number of rotatable bonds is 9. The molecule has 0 amide bonds. The highest BCUT2D eigenvalue weighted by Crippen LogP contribution is 2.19. The number of hydrogen-bond acceptors (Lipinski definition) is 3. The van der Waals surface area contributed by atoms with Gasteiger partial charge in [0.05, 0.1) is 12.5 Å². The monoisotopic (exact) mass is 292 g/mol. The molecular formula is C17H28N2S. The molecule has 0 heterocycles. The van der Waals surface area contributed by atoms with E-state index in [1.165, 1.54) is 11.3 Å². The number of nitrogens with zero attached hydrogens (tertiary/aromatic N) is 2. The van der Waals surface area contributed by atoms with Crippen LogP contribution in [0.4, 0.5) is 0 Å². The first-order valence-electron chi connectivity index (χ1n) is 7.25. The molecule has 0 saturated heterocycles. The summed E-state index contributed by atoms with van der Waals surface area (Å²) in [5.41, 5.74) is 4.64. The molecule has 3 heteroatoms. The van der Waals surface area contributed by atoms with Crippen molar-refractivity contribution in [2.75, 3.05) is 12.3 Å². The second-order valence-corrected chi connectivity index (χ2v) is 5.53. The second kappa shape index (κ2) is 10.6. The second-order valence-electron chi connectivity index (χ2n) is 5.09. The topological polar surface area (TPSA) is 27.0 Å². The van der Waals surface area contributed by atoms with Crippen LogP contribution < -0.4 is 0 Å². The molecule has 0 aromatic carbocycles. The average molecular weight is 292 g/mol. The Kier molecular flexibility index (Phi) is 10.0. The van der Waals surface area contributed by atoms with Crippen molar-refractivity contribution >= 4 is 12.6 Å². The first kappa shape index (κ1) is 18.9. The van der Waals surface area contributed by atoms with Crippen molar-refractivity contribution in [1.82, 2.24) is 4.90 Å². The summed E-state index contributed by atoms with van der Waals surface area (Å²) in [5, 5.41) is 8.76. The highest BCUT2D eigenvalue weighted by atomic mass is 32.1. The third-order valence-electron chi connectivity index (χ3n) is 3.45. The summed E-state index contributed by atoms with van der Waals surface area (Å²) < 4.78 is 0. The van der Waals surface area contributed by atoms with Crippen LogP contribution in [0, 0.1) is 11.3 Å². The van der Waals surface area contributed by atoms with E-state index >= 15 is 0 Å². The van der Waals surface area contributed by atoms with Gasteiger partial charge in [-0.2, -0.15) is 17.9 Å². The molecule has 0 radical (unpaired) electrons. The lowest BCUT2D eigenvalue weighted by Crippen LogP contribution is -2.22. The smallest absolute Gasteiger partial charge is 0.0666 e. The fraction of sp³-hybridized carbons (Fsp3) is 0.588. The van der Waals surface area contributed by atoms with Crippen LogP contribution >= 0.6 is 12.6 Å². The van der Waals surface area contributed by atoms with Crippen molar-refractivity contribution in [3.63, 3.8) is 0 Å². The average Bonchev–Trinajstić information content (AvgIpc) is 2.42. The van der Waals surface area contributed by atoms with Gasteiger partial charge in [0.15, 0.2) is 0 Å². The fourth-order valence-corrected chi connectivity index (χ4v) is 2.15. The summed E-state index contributed by atoms with van der Waals surface area (Å²) in [7, 11) is 0. The van der Waals surface area contributed by atoms with Crippen LogP contribution in [-0.2, 0) is 0 Å². The number of hydrogen-bond donors (Lipinski definition) is 1. The van der Waals surface area contributed by atoms with Gasteiger partial charge in [-0.3, -0.25) is 0 Å². The number of unbranched alkanes of at least 4 members (excludes halogenated alkanes) is 1. The molecule has 0 N–H and O–H groups in total. The summed E-state index contributed by atoms with van der Waals surface area (Å²) >= 11 is 4.26. The Hall–Kier alpha value is -1.14. The van der Waals surface area contributed by atoms with Gasteiger partial charge in [0.25, 0.3) is 0 Å². The number of nitriles is 1. The molecule has 0 aliphatic rings. The molecule has 0 aromatic heterocycles. The Morgan fingerprint density at radius 1 is 1.30 bits per heavy atom. The van der Waals surface area contributed by atoms with Crippen LogP contribution in [-0.4, -0.2) is 17.2 Å². The molecule has 0 unspecified atom stereocenters. The molecule has 0 atom stereocenters. The van der Waals surface area contributed by atoms with Crippen LogP contribution in [0.5, 0.6) is 0 Å². The van der Waals surface area contributed by atoms with Crippen molar-refractivity contribution in [2.24, 2.45) is 0 Å². The van der Waals surface area contributed by atoms with E-state index < -0.39 is 0 Å². The molecular weight excluding hydrogens is 264 g/mol. The maximum Gasteiger partial charge on any atom is 0.0666 e. The predicted octanol–water partition coefficient (Wildman–Crippen LogP) is 5.08. The zero-order chi connectivity index (χ0) is 15.5. The van der Waals surface area contributed by atoms with Gasteiger partial charge >= 0.3 is 0 Å². The Morgan fingerprint density at radius 3 is 2.45 bits per heavy atom. The predicted molar refractivity (Wildman–Crippen MR) is 91.6 cm³/mol. The standard InChI is InChI=1S/C17H28N2S/c1-6-16(4)19(11-7-8-12-20)17(5)13-15(3)14(2)9-10-18/h13,20H,4,6-9,11-12H2,1-3,5H3/b15-14-,17-13-. The maximum absolute atomic E-state index is 8.76. The zero-order valence-electron chi connectivity index (χ0n) is 13.4. The number of allylic oxidation sites excluding steroid dienone is 5. The van der Waals surface area contributed by atoms with Crippen molar-refractivity contribution in [3.05, 3.63) is 35.2 Å². The molecule has 0 spiro atoms. The Labute approximate surface area is 130 Å². The maximum atomic E-state index is 8.76. The van der Waals surface area contributed by atoms with Gasteiger partial charge in [-0.15, -0.1) is 0 Å². The van der Waals surface area contributed by atoms with Gasteiger partial charge < -0.3 is 4.90 Å².